The largest absolute Gasteiger partial charge is 0.390 e. The minimum absolute atomic E-state index is 0.298. The maximum atomic E-state index is 10.2. The Bertz CT molecular complexity index is 545. The van der Waals surface area contributed by atoms with E-state index in [1.807, 2.05) is 44.2 Å². The molecule has 0 aromatic heterocycles. The summed E-state index contributed by atoms with van der Waals surface area (Å²) in [4.78, 5) is 0. The van der Waals surface area contributed by atoms with E-state index < -0.39 is 23.8 Å². The van der Waals surface area contributed by atoms with E-state index in [2.05, 4.69) is 0 Å². The Labute approximate surface area is 130 Å². The van der Waals surface area contributed by atoms with Gasteiger partial charge in [0.1, 0.15) is 17.8 Å². The number of rotatable bonds is 3. The molecular weight excluding hydrogens is 284 g/mol. The predicted molar refractivity (Wildman–Crippen MR) is 77.9 cm³/mol. The summed E-state index contributed by atoms with van der Waals surface area (Å²) in [5.74, 6) is -0.681. The minimum Gasteiger partial charge on any atom is -0.390 e. The van der Waals surface area contributed by atoms with Gasteiger partial charge in [0.2, 0.25) is 0 Å². The van der Waals surface area contributed by atoms with Gasteiger partial charge in [0.05, 0.1) is 12.7 Å². The molecule has 3 fully saturated rings. The van der Waals surface area contributed by atoms with E-state index in [-0.39, 0.29) is 12.2 Å². The minimum atomic E-state index is -0.681. The van der Waals surface area contributed by atoms with Crippen molar-refractivity contribution in [3.8, 4) is 0 Å². The van der Waals surface area contributed by atoms with Crippen LogP contribution in [0, 0.1) is 0 Å². The summed E-state index contributed by atoms with van der Waals surface area (Å²) in [6, 6.07) is 9.99. The van der Waals surface area contributed by atoms with Gasteiger partial charge in [-0.15, -0.1) is 0 Å². The molecule has 1 saturated carbocycles. The number of benzene rings is 1. The SMILES string of the molecule is CC1(C)O[C@H]2OC3(CCC3O)C(OCc3ccccc3)[C@@H]2O1. The van der Waals surface area contributed by atoms with Crippen molar-refractivity contribution in [2.75, 3.05) is 0 Å². The van der Waals surface area contributed by atoms with Crippen LogP contribution in [0.1, 0.15) is 32.3 Å². The number of fused-ring (bicyclic) bond motifs is 1. The molecule has 4 rings (SSSR count). The van der Waals surface area contributed by atoms with Crippen molar-refractivity contribution >= 4 is 0 Å². The van der Waals surface area contributed by atoms with Gasteiger partial charge in [-0.25, -0.2) is 0 Å². The molecule has 3 aliphatic rings. The van der Waals surface area contributed by atoms with E-state index in [9.17, 15) is 5.11 Å². The molecule has 1 N–H and O–H groups in total. The lowest BCUT2D eigenvalue weighted by Gasteiger charge is -2.47. The maximum Gasteiger partial charge on any atom is 0.190 e. The van der Waals surface area contributed by atoms with Gasteiger partial charge in [-0.1, -0.05) is 30.3 Å². The van der Waals surface area contributed by atoms with Crippen molar-refractivity contribution in [1.82, 2.24) is 0 Å². The molecule has 1 aliphatic carbocycles. The molecule has 0 radical (unpaired) electrons. The molecule has 1 spiro atoms. The van der Waals surface area contributed by atoms with E-state index in [0.717, 1.165) is 18.4 Å². The second-order valence-corrected chi connectivity index (χ2v) is 6.81. The molecule has 0 bridgehead atoms. The van der Waals surface area contributed by atoms with Crippen LogP contribution in [-0.4, -0.2) is 41.1 Å². The average molecular weight is 306 g/mol. The second kappa shape index (κ2) is 5.01. The summed E-state index contributed by atoms with van der Waals surface area (Å²) in [6.45, 7) is 4.20. The molecule has 2 aliphatic heterocycles. The highest BCUT2D eigenvalue weighted by Gasteiger charge is 2.68. The van der Waals surface area contributed by atoms with Crippen LogP contribution in [0.4, 0.5) is 0 Å². The van der Waals surface area contributed by atoms with Crippen LogP contribution in [-0.2, 0) is 25.6 Å². The van der Waals surface area contributed by atoms with Crippen molar-refractivity contribution in [2.24, 2.45) is 0 Å². The topological polar surface area (TPSA) is 57.2 Å². The Morgan fingerprint density at radius 2 is 1.95 bits per heavy atom. The summed E-state index contributed by atoms with van der Waals surface area (Å²) < 4.78 is 23.9. The summed E-state index contributed by atoms with van der Waals surface area (Å²) >= 11 is 0. The van der Waals surface area contributed by atoms with Crippen LogP contribution in [0.3, 0.4) is 0 Å². The van der Waals surface area contributed by atoms with Crippen LogP contribution < -0.4 is 0 Å². The zero-order valence-corrected chi connectivity index (χ0v) is 12.9. The van der Waals surface area contributed by atoms with Crippen molar-refractivity contribution < 1.29 is 24.1 Å². The molecule has 5 heteroatoms. The Morgan fingerprint density at radius 3 is 2.59 bits per heavy atom. The molecule has 120 valence electrons. The van der Waals surface area contributed by atoms with Crippen LogP contribution in [0.2, 0.25) is 0 Å². The molecular formula is C17H22O5. The van der Waals surface area contributed by atoms with E-state index in [4.69, 9.17) is 18.9 Å². The van der Waals surface area contributed by atoms with Gasteiger partial charge in [0.15, 0.2) is 12.1 Å². The highest BCUT2D eigenvalue weighted by molar-refractivity contribution is 5.16. The number of aliphatic hydroxyl groups excluding tert-OH is 1. The summed E-state index contributed by atoms with van der Waals surface area (Å²) in [7, 11) is 0. The first-order valence-corrected chi connectivity index (χ1v) is 7.87. The number of hydrogen-bond donors (Lipinski definition) is 1. The highest BCUT2D eigenvalue weighted by Crippen LogP contribution is 2.52. The molecule has 2 saturated heterocycles. The van der Waals surface area contributed by atoms with E-state index in [1.165, 1.54) is 0 Å². The highest BCUT2D eigenvalue weighted by atomic mass is 16.8. The number of hydrogen-bond acceptors (Lipinski definition) is 5. The molecule has 1 aromatic rings. The third-order valence-corrected chi connectivity index (χ3v) is 4.85. The zero-order chi connectivity index (χ0) is 15.4. The van der Waals surface area contributed by atoms with Crippen molar-refractivity contribution in [3.05, 3.63) is 35.9 Å². The van der Waals surface area contributed by atoms with Gasteiger partial charge in [0.25, 0.3) is 0 Å². The van der Waals surface area contributed by atoms with Gasteiger partial charge >= 0.3 is 0 Å². The van der Waals surface area contributed by atoms with Gasteiger partial charge in [-0.2, -0.15) is 0 Å². The molecule has 1 aromatic carbocycles. The van der Waals surface area contributed by atoms with Crippen molar-refractivity contribution in [3.63, 3.8) is 0 Å². The third kappa shape index (κ3) is 2.20. The molecule has 3 unspecified atom stereocenters. The first-order chi connectivity index (χ1) is 10.5. The number of aliphatic hydroxyl groups is 1. The molecule has 5 atom stereocenters. The van der Waals surface area contributed by atoms with E-state index in [0.29, 0.717) is 6.61 Å². The van der Waals surface area contributed by atoms with Gasteiger partial charge in [-0.05, 0) is 32.3 Å². The zero-order valence-electron chi connectivity index (χ0n) is 12.9. The summed E-state index contributed by atoms with van der Waals surface area (Å²) in [6.07, 6.45) is -0.0984. The van der Waals surface area contributed by atoms with Gasteiger partial charge in [-0.3, -0.25) is 0 Å². The fraction of sp³-hybridized carbons (Fsp3) is 0.647. The summed E-state index contributed by atoms with van der Waals surface area (Å²) in [5, 5.41) is 10.2. The van der Waals surface area contributed by atoms with Crippen LogP contribution >= 0.6 is 0 Å². The molecule has 2 heterocycles. The monoisotopic (exact) mass is 306 g/mol. The lowest BCUT2D eigenvalue weighted by molar-refractivity contribution is -0.287. The summed E-state index contributed by atoms with van der Waals surface area (Å²) in [5.41, 5.74) is 0.411. The number of ether oxygens (including phenoxy) is 4. The molecule has 22 heavy (non-hydrogen) atoms. The van der Waals surface area contributed by atoms with Crippen molar-refractivity contribution in [1.29, 1.82) is 0 Å². The second-order valence-electron chi connectivity index (χ2n) is 6.81. The average Bonchev–Trinajstić information content (AvgIpc) is 2.95. The maximum absolute atomic E-state index is 10.2. The lowest BCUT2D eigenvalue weighted by Crippen LogP contribution is -2.61. The third-order valence-electron chi connectivity index (χ3n) is 4.85. The normalized spacial score (nSPS) is 42.3. The van der Waals surface area contributed by atoms with Crippen molar-refractivity contribution in [2.45, 2.75) is 69.3 Å². The Hall–Kier alpha value is -0.980. The quantitative estimate of drug-likeness (QED) is 0.925. The van der Waals surface area contributed by atoms with Crippen LogP contribution in [0.5, 0.6) is 0 Å². The standard InChI is InChI=1S/C17H22O5/c1-16(2)20-13-14(19-10-11-6-4-3-5-7-11)17(9-8-12(17)18)22-15(13)21-16/h3-7,12-15,18H,8-10H2,1-2H3/t12?,13-,14?,15-,17?/m0/s1. The van der Waals surface area contributed by atoms with E-state index in [1.54, 1.807) is 0 Å². The lowest BCUT2D eigenvalue weighted by atomic mass is 9.73. The molecule has 5 nitrogen and oxygen atoms in total. The Morgan fingerprint density at radius 1 is 1.18 bits per heavy atom. The van der Waals surface area contributed by atoms with Gasteiger partial charge in [0, 0.05) is 0 Å². The van der Waals surface area contributed by atoms with Crippen LogP contribution in [0.25, 0.3) is 0 Å². The first-order valence-electron chi connectivity index (χ1n) is 7.87. The fourth-order valence-corrected chi connectivity index (χ4v) is 3.64. The van der Waals surface area contributed by atoms with Gasteiger partial charge < -0.3 is 24.1 Å². The Kier molecular flexibility index (Phi) is 3.33. The molecule has 0 amide bonds. The predicted octanol–water partition coefficient (Wildman–Crippen LogP) is 1.97. The smallest absolute Gasteiger partial charge is 0.190 e. The Balaban J connectivity index is 1.53. The van der Waals surface area contributed by atoms with E-state index >= 15 is 0 Å². The van der Waals surface area contributed by atoms with Crippen LogP contribution in [0.15, 0.2) is 30.3 Å². The first kappa shape index (κ1) is 14.6. The fourth-order valence-electron chi connectivity index (χ4n) is 3.64.